The van der Waals surface area contributed by atoms with Crippen LogP contribution in [0.15, 0.2) is 53.4 Å². The lowest BCUT2D eigenvalue weighted by molar-refractivity contribution is -0.387. The van der Waals surface area contributed by atoms with Gasteiger partial charge in [-0.15, -0.1) is 0 Å². The van der Waals surface area contributed by atoms with Gasteiger partial charge in [0.05, 0.1) is 4.92 Å². The molecule has 0 unspecified atom stereocenters. The van der Waals surface area contributed by atoms with Crippen LogP contribution < -0.4 is 4.90 Å². The number of nitrogens with zero attached hydrogens (tertiary/aromatic N) is 3. The number of piperazine rings is 1. The summed E-state index contributed by atoms with van der Waals surface area (Å²) in [5.74, 6) is 0. The second-order valence-corrected chi connectivity index (χ2v) is 8.39. The van der Waals surface area contributed by atoms with Crippen molar-refractivity contribution in [3.63, 3.8) is 0 Å². The van der Waals surface area contributed by atoms with Crippen molar-refractivity contribution in [3.05, 3.63) is 64.2 Å². The molecule has 1 heterocycles. The van der Waals surface area contributed by atoms with Gasteiger partial charge in [-0.2, -0.15) is 0 Å². The average molecular weight is 375 g/mol. The van der Waals surface area contributed by atoms with Gasteiger partial charge in [-0.25, -0.2) is 8.42 Å². The maximum absolute atomic E-state index is 11.9. The van der Waals surface area contributed by atoms with E-state index in [0.717, 1.165) is 25.9 Å². The van der Waals surface area contributed by atoms with E-state index in [1.807, 2.05) is 23.1 Å². The standard InChI is InChI=1S/C18H21N3O4S/c1-26(24,25)17-9-5-8-16(18(17)21(22)23)20-12-10-19(11-13-20)14-15-6-3-2-4-7-15/h2-9H,10-14H2,1H3. The van der Waals surface area contributed by atoms with Gasteiger partial charge in [0.1, 0.15) is 10.6 Å². The Balaban J connectivity index is 1.78. The van der Waals surface area contributed by atoms with Crippen molar-refractivity contribution >= 4 is 21.2 Å². The molecule has 0 N–H and O–H groups in total. The molecule has 2 aromatic rings. The van der Waals surface area contributed by atoms with Gasteiger partial charge in [0, 0.05) is 39.0 Å². The molecule has 0 saturated carbocycles. The molecule has 0 aliphatic carbocycles. The third-order valence-electron chi connectivity index (χ3n) is 4.52. The predicted octanol–water partition coefficient (Wildman–Crippen LogP) is 2.32. The highest BCUT2D eigenvalue weighted by Crippen LogP contribution is 2.35. The summed E-state index contributed by atoms with van der Waals surface area (Å²) in [4.78, 5) is 14.9. The first-order chi connectivity index (χ1) is 12.4. The van der Waals surface area contributed by atoms with Gasteiger partial charge in [-0.05, 0) is 17.7 Å². The molecule has 0 atom stereocenters. The van der Waals surface area contributed by atoms with Crippen molar-refractivity contribution in [1.29, 1.82) is 0 Å². The molecule has 0 spiro atoms. The Labute approximate surface area is 152 Å². The minimum Gasteiger partial charge on any atom is -0.363 e. The summed E-state index contributed by atoms with van der Waals surface area (Å²) in [6.45, 7) is 3.58. The Morgan fingerprint density at radius 3 is 2.23 bits per heavy atom. The number of anilines is 1. The molecule has 0 radical (unpaired) electrons. The zero-order valence-corrected chi connectivity index (χ0v) is 15.4. The quantitative estimate of drug-likeness (QED) is 0.589. The van der Waals surface area contributed by atoms with Gasteiger partial charge in [-0.3, -0.25) is 15.0 Å². The number of sulfone groups is 1. The predicted molar refractivity (Wildman–Crippen MR) is 100 cm³/mol. The third-order valence-corrected chi connectivity index (χ3v) is 5.65. The summed E-state index contributed by atoms with van der Waals surface area (Å²) in [7, 11) is -3.67. The molecule has 8 heteroatoms. The highest BCUT2D eigenvalue weighted by molar-refractivity contribution is 7.90. The zero-order valence-electron chi connectivity index (χ0n) is 14.5. The molecular weight excluding hydrogens is 354 g/mol. The van der Waals surface area contributed by atoms with Crippen LogP contribution >= 0.6 is 0 Å². The Bertz CT molecular complexity index is 892. The number of hydrogen-bond acceptors (Lipinski definition) is 6. The molecule has 0 bridgehead atoms. The monoisotopic (exact) mass is 375 g/mol. The molecule has 3 rings (SSSR count). The molecule has 2 aromatic carbocycles. The first-order valence-corrected chi connectivity index (χ1v) is 10.2. The summed E-state index contributed by atoms with van der Waals surface area (Å²) >= 11 is 0. The number of rotatable bonds is 5. The number of hydrogen-bond donors (Lipinski definition) is 0. The highest BCUT2D eigenvalue weighted by atomic mass is 32.2. The number of nitro groups is 1. The maximum Gasteiger partial charge on any atom is 0.311 e. The van der Waals surface area contributed by atoms with Crippen molar-refractivity contribution < 1.29 is 13.3 Å². The van der Waals surface area contributed by atoms with Gasteiger partial charge in [-0.1, -0.05) is 36.4 Å². The summed E-state index contributed by atoms with van der Waals surface area (Å²) in [6, 6.07) is 14.6. The van der Waals surface area contributed by atoms with Crippen LogP contribution in [0.3, 0.4) is 0 Å². The molecule has 1 fully saturated rings. The zero-order chi connectivity index (χ0) is 18.7. The van der Waals surface area contributed by atoms with E-state index in [0.29, 0.717) is 18.8 Å². The molecule has 1 aliphatic heterocycles. The van der Waals surface area contributed by atoms with Crippen LogP contribution in [0, 0.1) is 10.1 Å². The first-order valence-electron chi connectivity index (χ1n) is 8.35. The van der Waals surface area contributed by atoms with Crippen molar-refractivity contribution in [1.82, 2.24) is 4.90 Å². The van der Waals surface area contributed by atoms with Crippen LogP contribution in [0.4, 0.5) is 11.4 Å². The number of para-hydroxylation sites is 1. The molecule has 0 amide bonds. The molecule has 7 nitrogen and oxygen atoms in total. The first kappa shape index (κ1) is 18.3. The third kappa shape index (κ3) is 4.03. The summed E-state index contributed by atoms with van der Waals surface area (Å²) in [5, 5.41) is 11.5. The van der Waals surface area contributed by atoms with Gasteiger partial charge < -0.3 is 4.90 Å². The molecular formula is C18H21N3O4S. The summed E-state index contributed by atoms with van der Waals surface area (Å²) < 4.78 is 23.8. The lowest BCUT2D eigenvalue weighted by atomic mass is 10.2. The lowest BCUT2D eigenvalue weighted by Gasteiger charge is -2.36. The Hall–Kier alpha value is -2.45. The SMILES string of the molecule is CS(=O)(=O)c1cccc(N2CCN(Cc3ccccc3)CC2)c1[N+](=O)[O-]. The van der Waals surface area contributed by atoms with E-state index in [9.17, 15) is 18.5 Å². The largest absolute Gasteiger partial charge is 0.363 e. The molecule has 0 aromatic heterocycles. The number of benzene rings is 2. The maximum atomic E-state index is 11.9. The lowest BCUT2D eigenvalue weighted by Crippen LogP contribution is -2.46. The molecule has 1 saturated heterocycles. The van der Waals surface area contributed by atoms with Crippen LogP contribution in [-0.2, 0) is 16.4 Å². The van der Waals surface area contributed by atoms with Crippen LogP contribution in [0.5, 0.6) is 0 Å². The fraction of sp³-hybridized carbons (Fsp3) is 0.333. The minimum absolute atomic E-state index is 0.230. The van der Waals surface area contributed by atoms with Crippen molar-refractivity contribution in [2.45, 2.75) is 11.4 Å². The Morgan fingerprint density at radius 2 is 1.65 bits per heavy atom. The minimum atomic E-state index is -3.67. The van der Waals surface area contributed by atoms with Crippen LogP contribution in [0.25, 0.3) is 0 Å². The second kappa shape index (κ2) is 7.43. The van der Waals surface area contributed by atoms with E-state index in [-0.39, 0.29) is 10.6 Å². The number of nitro benzene ring substituents is 1. The van der Waals surface area contributed by atoms with E-state index in [1.165, 1.54) is 11.6 Å². The van der Waals surface area contributed by atoms with Crippen molar-refractivity contribution in [2.75, 3.05) is 37.3 Å². The van der Waals surface area contributed by atoms with E-state index in [1.54, 1.807) is 12.1 Å². The molecule has 26 heavy (non-hydrogen) atoms. The topological polar surface area (TPSA) is 83.8 Å². The second-order valence-electron chi connectivity index (χ2n) is 6.40. The Kier molecular flexibility index (Phi) is 5.24. The van der Waals surface area contributed by atoms with Gasteiger partial charge in [0.25, 0.3) is 0 Å². The van der Waals surface area contributed by atoms with E-state index >= 15 is 0 Å². The average Bonchev–Trinajstić information content (AvgIpc) is 2.62. The summed E-state index contributed by atoms with van der Waals surface area (Å²) in [6.07, 6.45) is 0.997. The van der Waals surface area contributed by atoms with Gasteiger partial charge >= 0.3 is 5.69 Å². The van der Waals surface area contributed by atoms with Gasteiger partial charge in [0.2, 0.25) is 0 Å². The fourth-order valence-electron chi connectivity index (χ4n) is 3.24. The normalized spacial score (nSPS) is 15.8. The summed E-state index contributed by atoms with van der Waals surface area (Å²) in [5.41, 5.74) is 1.27. The fourth-order valence-corrected chi connectivity index (χ4v) is 4.09. The molecule has 1 aliphatic rings. The smallest absolute Gasteiger partial charge is 0.311 e. The van der Waals surface area contributed by atoms with E-state index in [2.05, 4.69) is 17.0 Å². The Morgan fingerprint density at radius 1 is 1.00 bits per heavy atom. The van der Waals surface area contributed by atoms with E-state index in [4.69, 9.17) is 0 Å². The van der Waals surface area contributed by atoms with Crippen LogP contribution in [0.2, 0.25) is 0 Å². The molecule has 138 valence electrons. The van der Waals surface area contributed by atoms with E-state index < -0.39 is 14.8 Å². The van der Waals surface area contributed by atoms with Gasteiger partial charge in [0.15, 0.2) is 9.84 Å². The van der Waals surface area contributed by atoms with Crippen LogP contribution in [0.1, 0.15) is 5.56 Å². The van der Waals surface area contributed by atoms with Crippen molar-refractivity contribution in [3.8, 4) is 0 Å². The highest BCUT2D eigenvalue weighted by Gasteiger charge is 2.30. The van der Waals surface area contributed by atoms with Crippen molar-refractivity contribution in [2.24, 2.45) is 0 Å². The van der Waals surface area contributed by atoms with Crippen LogP contribution in [-0.4, -0.2) is 50.7 Å².